The van der Waals surface area contributed by atoms with Gasteiger partial charge in [0.05, 0.1) is 0 Å². The zero-order chi connectivity index (χ0) is 52.1. The first-order valence-electron chi connectivity index (χ1n) is 20.9. The molecule has 10 rings (SSSR count). The normalized spacial score (nSPS) is 12.0. The van der Waals surface area contributed by atoms with Gasteiger partial charge in [0.2, 0.25) is 0 Å². The van der Waals surface area contributed by atoms with E-state index in [0.29, 0.717) is 0 Å². The third-order valence-electron chi connectivity index (χ3n) is 14.1. The molecule has 0 aliphatic rings. The molecule has 0 N–H and O–H groups in total. The van der Waals surface area contributed by atoms with E-state index in [1.165, 1.54) is 0 Å². The Morgan fingerprint density at radius 3 is 0.746 bits per heavy atom. The Balaban J connectivity index is 1.58. The highest BCUT2D eigenvalue weighted by atomic mass is 16.3. The molecule has 0 unspecified atom stereocenters. The minimum atomic E-state index is -0.207. The fourth-order valence-corrected chi connectivity index (χ4v) is 10.4. The highest BCUT2D eigenvalue weighted by Gasteiger charge is 2.31. The van der Waals surface area contributed by atoms with Gasteiger partial charge >= 0.3 is 0 Å². The van der Waals surface area contributed by atoms with Crippen molar-refractivity contribution in [3.8, 4) is 22.3 Å². The summed E-state index contributed by atoms with van der Waals surface area (Å²) >= 11 is 0. The molecular formula is C44B26O. The van der Waals surface area contributed by atoms with E-state index in [4.69, 9.17) is 208 Å². The minimum Gasteiger partial charge on any atom is -0.457 e. The van der Waals surface area contributed by atoms with Crippen molar-refractivity contribution in [3.05, 3.63) is 0 Å². The van der Waals surface area contributed by atoms with Crippen molar-refractivity contribution in [2.75, 3.05) is 0 Å². The molecule has 52 radical (unpaired) electrons. The molecule has 1 heterocycles. The number of hydrogen-bond donors (Lipinski definition) is 0. The zero-order valence-electron chi connectivity index (χ0n) is 37.4. The van der Waals surface area contributed by atoms with Gasteiger partial charge in [-0.05, 0) is 76.1 Å². The molecule has 71 heavy (non-hydrogen) atoms. The second-order valence-electron chi connectivity index (χ2n) is 17.5. The van der Waals surface area contributed by atoms with Crippen LogP contribution in [0.15, 0.2) is 4.42 Å². The number of hydrogen-bond acceptors (Lipinski definition) is 1. The molecule has 9 aromatic carbocycles. The van der Waals surface area contributed by atoms with Gasteiger partial charge in [-0.2, -0.15) is 0 Å². The average molecular weight is 826 g/mol. The van der Waals surface area contributed by atoms with Gasteiger partial charge in [0.1, 0.15) is 215 Å². The SMILES string of the molecule is [B]c1c([B])c([B])c2c(oc3c([B])c([B])c(-c4c5c([B])c([B])c([B])c([B])c5c(-c5c([B])c([B])c([B])c6c5c([B])c([B])c5c([B])c([B])c7c([B])c([B])c([B])c([B])c7c56)c5c([B])c([B])c([B])c([B])c45)c([B])c32)c1[B]. The molecule has 0 saturated heterocycles. The van der Waals surface area contributed by atoms with Crippen molar-refractivity contribution in [1.82, 2.24) is 0 Å². The van der Waals surface area contributed by atoms with Gasteiger partial charge in [-0.1, -0.05) is 92.9 Å². The number of fused-ring (bicyclic) bond motifs is 10. The van der Waals surface area contributed by atoms with Crippen molar-refractivity contribution < 1.29 is 4.42 Å². The minimum absolute atomic E-state index is 0.00520. The third-order valence-corrected chi connectivity index (χ3v) is 14.1. The second-order valence-corrected chi connectivity index (χ2v) is 17.5. The lowest BCUT2D eigenvalue weighted by Gasteiger charge is -2.33. The van der Waals surface area contributed by atoms with Crippen LogP contribution in [0.1, 0.15) is 0 Å². The predicted molar refractivity (Wildman–Crippen MR) is 332 cm³/mol. The molecule has 0 fully saturated rings. The molecule has 1 aromatic heterocycles. The van der Waals surface area contributed by atoms with Gasteiger partial charge in [-0.3, -0.25) is 0 Å². The van der Waals surface area contributed by atoms with Crippen LogP contribution in [0, 0.1) is 0 Å². The van der Waals surface area contributed by atoms with Crippen molar-refractivity contribution in [1.29, 1.82) is 0 Å². The highest BCUT2D eigenvalue weighted by Crippen LogP contribution is 2.42. The van der Waals surface area contributed by atoms with Gasteiger partial charge in [0, 0.05) is 10.8 Å². The van der Waals surface area contributed by atoms with Crippen LogP contribution in [-0.4, -0.2) is 204 Å². The molecule has 0 saturated carbocycles. The van der Waals surface area contributed by atoms with E-state index in [2.05, 4.69) is 0 Å². The Morgan fingerprint density at radius 2 is 0.338 bits per heavy atom. The molecular weight excluding hydrogens is 826 g/mol. The van der Waals surface area contributed by atoms with E-state index in [-0.39, 0.29) is 240 Å². The van der Waals surface area contributed by atoms with E-state index in [1.807, 2.05) is 0 Å². The molecule has 0 bridgehead atoms. The maximum atomic E-state index is 7.26. The van der Waals surface area contributed by atoms with Crippen LogP contribution >= 0.6 is 0 Å². The summed E-state index contributed by atoms with van der Waals surface area (Å²) in [6.45, 7) is 0. The van der Waals surface area contributed by atoms with Crippen molar-refractivity contribution in [2.45, 2.75) is 0 Å². The van der Waals surface area contributed by atoms with E-state index >= 15 is 0 Å². The van der Waals surface area contributed by atoms with Crippen molar-refractivity contribution in [2.24, 2.45) is 0 Å². The molecule has 0 atom stereocenters. The Bertz CT molecular complexity index is 4210. The zero-order valence-corrected chi connectivity index (χ0v) is 37.4. The van der Waals surface area contributed by atoms with Crippen LogP contribution in [0.25, 0.3) is 98.1 Å². The third kappa shape index (κ3) is 6.20. The van der Waals surface area contributed by atoms with Gasteiger partial charge in [-0.15, -0.1) is 49.2 Å². The Kier molecular flexibility index (Phi) is 11.8. The summed E-state index contributed by atoms with van der Waals surface area (Å²) < 4.78 is 6.19. The summed E-state index contributed by atoms with van der Waals surface area (Å²) in [6, 6.07) is 0. The van der Waals surface area contributed by atoms with E-state index in [9.17, 15) is 0 Å². The fraction of sp³-hybridized carbons (Fsp3) is 0. The number of rotatable bonds is 2. The van der Waals surface area contributed by atoms with Crippen molar-refractivity contribution in [3.63, 3.8) is 0 Å². The standard InChI is InChI=1S/C44B26O/c45-17-12(30(58)41(69)43-15(17)16-31(59)39(67)40(68)42(70)44(16)71-43)2-7-4(21(49)33(61)35(63)23(7)51)1(5-8(2)24(52)36(64)34(62)22(5)50)6-11-9(20(48)32(60)19(6)47)3-10-14(29(57)38(66)37(65)25(10)53)28(56)27(55)13(3)26(54)18(11)46. The summed E-state index contributed by atoms with van der Waals surface area (Å²) in [5.74, 6) is 0. The average Bonchev–Trinajstić information content (AvgIpc) is 3.75. The van der Waals surface area contributed by atoms with E-state index < -0.39 is 0 Å². The summed E-state index contributed by atoms with van der Waals surface area (Å²) in [7, 11) is 177. The van der Waals surface area contributed by atoms with Crippen LogP contribution < -0.4 is 142 Å². The first-order valence-corrected chi connectivity index (χ1v) is 20.9. The number of benzene rings is 9. The first-order chi connectivity index (χ1) is 33.2. The largest absolute Gasteiger partial charge is 0.457 e. The lowest BCUT2D eigenvalue weighted by Crippen LogP contribution is -2.51. The molecule has 0 aliphatic carbocycles. The summed E-state index contributed by atoms with van der Waals surface area (Å²) in [6.07, 6.45) is 0. The monoisotopic (exact) mass is 830 g/mol. The summed E-state index contributed by atoms with van der Waals surface area (Å²) in [5, 5.41) is 0.809. The Morgan fingerprint density at radius 1 is 0.127 bits per heavy atom. The predicted octanol–water partition coefficient (Wildman–Crippen LogP) is -18.7. The molecule has 0 aliphatic heterocycles. The molecule has 260 valence electrons. The first kappa shape index (κ1) is 50.3. The Labute approximate surface area is 445 Å². The maximum Gasteiger partial charge on any atom is 0.127 e. The quantitative estimate of drug-likeness (QED) is 0.0961. The topological polar surface area (TPSA) is 13.1 Å². The van der Waals surface area contributed by atoms with Gasteiger partial charge < -0.3 is 4.42 Å². The smallest absolute Gasteiger partial charge is 0.127 e. The highest BCUT2D eigenvalue weighted by molar-refractivity contribution is 6.78. The van der Waals surface area contributed by atoms with Crippen LogP contribution in [0.5, 0.6) is 0 Å². The maximum absolute atomic E-state index is 7.26. The molecule has 0 spiro atoms. The van der Waals surface area contributed by atoms with E-state index in [1.54, 1.807) is 0 Å². The second kappa shape index (κ2) is 16.6. The van der Waals surface area contributed by atoms with Crippen molar-refractivity contribution >= 4 is 422 Å². The summed E-state index contributed by atoms with van der Waals surface area (Å²) in [5.41, 5.74) is -3.54. The van der Waals surface area contributed by atoms with Crippen LogP contribution in [0.3, 0.4) is 0 Å². The van der Waals surface area contributed by atoms with Gasteiger partial charge in [0.15, 0.2) is 0 Å². The van der Waals surface area contributed by atoms with Crippen LogP contribution in [0.2, 0.25) is 0 Å². The molecule has 10 aromatic rings. The molecule has 0 amide bonds. The lowest BCUT2D eigenvalue weighted by atomic mass is 9.56. The number of furan rings is 1. The van der Waals surface area contributed by atoms with Gasteiger partial charge in [-0.25, -0.2) is 0 Å². The fourth-order valence-electron chi connectivity index (χ4n) is 10.4. The molecule has 27 heteroatoms. The lowest BCUT2D eigenvalue weighted by molar-refractivity contribution is 0.675. The van der Waals surface area contributed by atoms with Crippen LogP contribution in [-0.2, 0) is 0 Å². The summed E-state index contributed by atoms with van der Waals surface area (Å²) in [4.78, 5) is 0. The van der Waals surface area contributed by atoms with E-state index in [0.717, 1.165) is 0 Å². The van der Waals surface area contributed by atoms with Crippen LogP contribution in [0.4, 0.5) is 0 Å². The molecule has 1 nitrogen and oxygen atoms in total. The Hall–Kier alpha value is -4.23. The van der Waals surface area contributed by atoms with Gasteiger partial charge in [0.25, 0.3) is 0 Å².